The van der Waals surface area contributed by atoms with Gasteiger partial charge in [0, 0.05) is 19.3 Å². The molecule has 0 radical (unpaired) electrons. The highest BCUT2D eigenvalue weighted by Gasteiger charge is 2.19. The summed E-state index contributed by atoms with van der Waals surface area (Å²) in [6.45, 7) is 6.62. The monoisotopic (exact) mass is 1160 g/mol. The van der Waals surface area contributed by atoms with Gasteiger partial charge in [0.05, 0.1) is 0 Å². The Bertz CT molecular complexity index is 1520. The van der Waals surface area contributed by atoms with Crippen LogP contribution < -0.4 is 0 Å². The van der Waals surface area contributed by atoms with Gasteiger partial charge < -0.3 is 14.2 Å². The predicted octanol–water partition coefficient (Wildman–Crippen LogP) is 25.2. The van der Waals surface area contributed by atoms with Crippen LogP contribution in [0.5, 0.6) is 0 Å². The standard InChI is InChI=1S/C77H138O6/c1-4-7-10-13-16-19-22-24-26-28-30-32-33-34-35-36-37-38-39-40-41-42-43-45-46-48-50-52-55-58-61-64-67-70-76(79)82-73-74(72-81-75(78)69-66-63-60-57-54-21-18-15-12-9-6-3)83-77(80)71-68-65-62-59-56-53-51-49-47-44-31-29-27-25-23-20-17-14-11-8-5-2/h15,18,22-25,28-31,33-34,74H,4-14,16-17,19-21,26-27,32,35-73H2,1-3H3/b18-15-,24-22-,25-23-,30-28-,31-29-,34-33-. The first-order chi connectivity index (χ1) is 41.0. The van der Waals surface area contributed by atoms with Crippen molar-refractivity contribution in [2.45, 2.75) is 386 Å². The quantitative estimate of drug-likeness (QED) is 0.0261. The molecular formula is C77H138O6. The van der Waals surface area contributed by atoms with Crippen molar-refractivity contribution >= 4 is 17.9 Å². The molecular weight excluding hydrogens is 1020 g/mol. The van der Waals surface area contributed by atoms with Gasteiger partial charge in [0.25, 0.3) is 0 Å². The second kappa shape index (κ2) is 71.3. The lowest BCUT2D eigenvalue weighted by molar-refractivity contribution is -0.167. The molecule has 6 nitrogen and oxygen atoms in total. The lowest BCUT2D eigenvalue weighted by atomic mass is 10.0. The van der Waals surface area contributed by atoms with Crippen molar-refractivity contribution in [3.05, 3.63) is 72.9 Å². The molecule has 0 amide bonds. The van der Waals surface area contributed by atoms with Crippen LogP contribution >= 0.6 is 0 Å². The van der Waals surface area contributed by atoms with Gasteiger partial charge in [-0.15, -0.1) is 0 Å². The third-order valence-corrected chi connectivity index (χ3v) is 16.2. The van der Waals surface area contributed by atoms with E-state index in [2.05, 4.69) is 93.7 Å². The Morgan fingerprint density at radius 1 is 0.241 bits per heavy atom. The summed E-state index contributed by atoms with van der Waals surface area (Å²) < 4.78 is 17.0. The van der Waals surface area contributed by atoms with Gasteiger partial charge in [0.2, 0.25) is 0 Å². The van der Waals surface area contributed by atoms with Crippen molar-refractivity contribution < 1.29 is 28.6 Å². The van der Waals surface area contributed by atoms with E-state index in [1.54, 1.807) is 0 Å². The molecule has 0 saturated heterocycles. The van der Waals surface area contributed by atoms with Crippen molar-refractivity contribution in [3.63, 3.8) is 0 Å². The van der Waals surface area contributed by atoms with E-state index in [-0.39, 0.29) is 31.1 Å². The molecule has 0 aromatic rings. The Morgan fingerprint density at radius 2 is 0.446 bits per heavy atom. The maximum absolute atomic E-state index is 12.9. The van der Waals surface area contributed by atoms with E-state index in [0.29, 0.717) is 19.3 Å². The number of ether oxygens (including phenoxy) is 3. The van der Waals surface area contributed by atoms with Crippen molar-refractivity contribution in [3.8, 4) is 0 Å². The van der Waals surface area contributed by atoms with Crippen LogP contribution in [0.2, 0.25) is 0 Å². The zero-order valence-electron chi connectivity index (χ0n) is 55.5. The summed E-state index contributed by atoms with van der Waals surface area (Å²) in [6.07, 6.45) is 93.8. The molecule has 83 heavy (non-hydrogen) atoms. The third kappa shape index (κ3) is 69.5. The number of esters is 3. The fraction of sp³-hybridized carbons (Fsp3) is 0.805. The summed E-state index contributed by atoms with van der Waals surface area (Å²) in [7, 11) is 0. The molecule has 1 atom stereocenters. The second-order valence-electron chi connectivity index (χ2n) is 24.5. The summed E-state index contributed by atoms with van der Waals surface area (Å²) in [5.74, 6) is -0.871. The largest absolute Gasteiger partial charge is 0.462 e. The van der Waals surface area contributed by atoms with Crippen LogP contribution in [-0.4, -0.2) is 37.2 Å². The molecule has 482 valence electrons. The lowest BCUT2D eigenvalue weighted by Gasteiger charge is -2.18. The predicted molar refractivity (Wildman–Crippen MR) is 362 cm³/mol. The average Bonchev–Trinajstić information content (AvgIpc) is 3.48. The minimum atomic E-state index is -0.781. The summed E-state index contributed by atoms with van der Waals surface area (Å²) in [5.41, 5.74) is 0. The van der Waals surface area contributed by atoms with Gasteiger partial charge in [0.15, 0.2) is 6.10 Å². The van der Waals surface area contributed by atoms with E-state index >= 15 is 0 Å². The summed E-state index contributed by atoms with van der Waals surface area (Å²) in [4.78, 5) is 38.4. The number of hydrogen-bond acceptors (Lipinski definition) is 6. The Labute approximate surface area is 516 Å². The topological polar surface area (TPSA) is 78.9 Å². The first-order valence-corrected chi connectivity index (χ1v) is 36.4. The van der Waals surface area contributed by atoms with Crippen LogP contribution in [0.25, 0.3) is 0 Å². The van der Waals surface area contributed by atoms with Crippen molar-refractivity contribution in [2.24, 2.45) is 0 Å². The first-order valence-electron chi connectivity index (χ1n) is 36.4. The first kappa shape index (κ1) is 79.8. The van der Waals surface area contributed by atoms with Gasteiger partial charge >= 0.3 is 17.9 Å². The highest BCUT2D eigenvalue weighted by Crippen LogP contribution is 2.18. The highest BCUT2D eigenvalue weighted by atomic mass is 16.6. The van der Waals surface area contributed by atoms with E-state index in [0.717, 1.165) is 83.5 Å². The molecule has 0 heterocycles. The minimum absolute atomic E-state index is 0.0762. The lowest BCUT2D eigenvalue weighted by Crippen LogP contribution is -2.30. The zero-order chi connectivity index (χ0) is 59.9. The Hall–Kier alpha value is -3.15. The molecule has 0 N–H and O–H groups in total. The molecule has 0 aliphatic carbocycles. The average molecular weight is 1160 g/mol. The van der Waals surface area contributed by atoms with Crippen molar-refractivity contribution in [2.75, 3.05) is 13.2 Å². The van der Waals surface area contributed by atoms with Crippen LogP contribution in [0.15, 0.2) is 72.9 Å². The molecule has 0 aliphatic rings. The second-order valence-corrected chi connectivity index (χ2v) is 24.5. The van der Waals surface area contributed by atoms with Crippen LogP contribution in [0.3, 0.4) is 0 Å². The molecule has 0 aromatic heterocycles. The molecule has 0 bridgehead atoms. The van der Waals surface area contributed by atoms with Crippen LogP contribution in [0, 0.1) is 0 Å². The Morgan fingerprint density at radius 3 is 0.723 bits per heavy atom. The highest BCUT2D eigenvalue weighted by molar-refractivity contribution is 5.71. The van der Waals surface area contributed by atoms with Crippen LogP contribution in [0.4, 0.5) is 0 Å². The van der Waals surface area contributed by atoms with E-state index < -0.39 is 6.10 Å². The van der Waals surface area contributed by atoms with Gasteiger partial charge in [-0.3, -0.25) is 14.4 Å². The van der Waals surface area contributed by atoms with E-state index in [4.69, 9.17) is 14.2 Å². The Kier molecular flexibility index (Phi) is 68.6. The third-order valence-electron chi connectivity index (χ3n) is 16.2. The molecule has 0 rings (SSSR count). The molecule has 0 aromatic carbocycles. The molecule has 0 aliphatic heterocycles. The SMILES string of the molecule is CCCC/C=C\CCCCCCCC(=O)OCC(COC(=O)CCCCCCCCCCCCCCCCCCCC/C=C\C/C=C\C/C=C\CCCCCCC)OC(=O)CCCCCCCCCCC/C=C\C/C=C\CCCCCCC. The summed E-state index contributed by atoms with van der Waals surface area (Å²) in [5, 5.41) is 0. The van der Waals surface area contributed by atoms with Gasteiger partial charge in [-0.2, -0.15) is 0 Å². The number of unbranched alkanes of at least 4 members (excludes halogenated alkanes) is 44. The summed E-state index contributed by atoms with van der Waals surface area (Å²) in [6, 6.07) is 0. The van der Waals surface area contributed by atoms with Crippen molar-refractivity contribution in [1.29, 1.82) is 0 Å². The van der Waals surface area contributed by atoms with E-state index in [9.17, 15) is 14.4 Å². The van der Waals surface area contributed by atoms with Gasteiger partial charge in [-0.25, -0.2) is 0 Å². The molecule has 0 spiro atoms. The smallest absolute Gasteiger partial charge is 0.306 e. The Balaban J connectivity index is 4.14. The van der Waals surface area contributed by atoms with Gasteiger partial charge in [0.1, 0.15) is 13.2 Å². The van der Waals surface area contributed by atoms with Crippen LogP contribution in [-0.2, 0) is 28.6 Å². The minimum Gasteiger partial charge on any atom is -0.462 e. The molecule has 1 unspecified atom stereocenters. The zero-order valence-corrected chi connectivity index (χ0v) is 55.5. The normalized spacial score (nSPS) is 12.5. The van der Waals surface area contributed by atoms with Crippen LogP contribution in [0.1, 0.15) is 380 Å². The molecule has 0 saturated carbocycles. The maximum Gasteiger partial charge on any atom is 0.306 e. The fourth-order valence-electron chi connectivity index (χ4n) is 10.6. The number of rotatable bonds is 67. The molecule has 0 fully saturated rings. The molecule has 6 heteroatoms. The van der Waals surface area contributed by atoms with Gasteiger partial charge in [-0.05, 0) is 109 Å². The number of carbonyl (C=O) groups is 3. The fourth-order valence-corrected chi connectivity index (χ4v) is 10.6. The van der Waals surface area contributed by atoms with Gasteiger partial charge in [-0.1, -0.05) is 325 Å². The van der Waals surface area contributed by atoms with E-state index in [1.165, 1.54) is 257 Å². The number of hydrogen-bond donors (Lipinski definition) is 0. The number of allylic oxidation sites excluding steroid dienone is 12. The maximum atomic E-state index is 12.9. The summed E-state index contributed by atoms with van der Waals surface area (Å²) >= 11 is 0. The van der Waals surface area contributed by atoms with Crippen molar-refractivity contribution in [1.82, 2.24) is 0 Å². The number of carbonyl (C=O) groups excluding carboxylic acids is 3. The van der Waals surface area contributed by atoms with E-state index in [1.807, 2.05) is 0 Å².